The molecule has 4 aliphatic heterocycles. The van der Waals surface area contributed by atoms with Gasteiger partial charge < -0.3 is 34.5 Å². The Balaban J connectivity index is 0.759. The summed E-state index contributed by atoms with van der Waals surface area (Å²) in [5.41, 5.74) is 1.48. The summed E-state index contributed by atoms with van der Waals surface area (Å²) in [5.74, 6) is -2.81. The van der Waals surface area contributed by atoms with Crippen molar-refractivity contribution in [3.8, 4) is 5.75 Å². The highest BCUT2D eigenvalue weighted by Crippen LogP contribution is 2.38. The number of aryl methyl sites for hydroxylation is 1. The summed E-state index contributed by atoms with van der Waals surface area (Å²) in [5, 5.41) is 9.06. The Kier molecular flexibility index (Phi) is 12.4. The number of ether oxygens (including phenoxy) is 2. The lowest BCUT2D eigenvalue weighted by Crippen LogP contribution is -2.56. The van der Waals surface area contributed by atoms with E-state index >= 15 is 4.39 Å². The van der Waals surface area contributed by atoms with Gasteiger partial charge in [0.1, 0.15) is 11.1 Å². The van der Waals surface area contributed by atoms with Gasteiger partial charge in [-0.05, 0) is 88.8 Å². The molecule has 0 radical (unpaired) electrons. The number of benzene rings is 2. The van der Waals surface area contributed by atoms with Crippen LogP contribution in [0.25, 0.3) is 10.9 Å². The van der Waals surface area contributed by atoms with Crippen LogP contribution in [0.3, 0.4) is 0 Å². The van der Waals surface area contributed by atoms with Gasteiger partial charge in [-0.2, -0.15) is 4.98 Å². The minimum absolute atomic E-state index is 0.00307. The highest BCUT2D eigenvalue weighted by molar-refractivity contribution is 6.33. The number of carbonyl (C=O) groups excluding carboxylic acids is 5. The van der Waals surface area contributed by atoms with Gasteiger partial charge in [0.05, 0.1) is 40.7 Å². The number of hydrogen-bond donors (Lipinski definition) is 3. The summed E-state index contributed by atoms with van der Waals surface area (Å²) in [4.78, 5) is 92.7. The van der Waals surface area contributed by atoms with Crippen LogP contribution < -0.4 is 36.0 Å². The van der Waals surface area contributed by atoms with Crippen molar-refractivity contribution in [2.75, 3.05) is 68.0 Å². The predicted molar refractivity (Wildman–Crippen MR) is 243 cm³/mol. The van der Waals surface area contributed by atoms with E-state index in [1.165, 1.54) is 7.05 Å². The number of nitrogens with zero attached hydrogens (tertiary/aromatic N) is 7. The molecule has 20 heteroatoms. The number of carbonyl (C=O) groups is 5. The van der Waals surface area contributed by atoms with Crippen LogP contribution in [0.4, 0.5) is 27.5 Å². The molecule has 1 unspecified atom stereocenters. The van der Waals surface area contributed by atoms with Crippen LogP contribution in [0.5, 0.6) is 5.75 Å². The number of amides is 5. The number of likely N-dealkylation sites (N-methyl/N-ethyl adjacent to an activating group) is 1. The average Bonchev–Trinajstić information content (AvgIpc) is 3.55. The van der Waals surface area contributed by atoms with Gasteiger partial charge in [0.25, 0.3) is 23.3 Å². The molecular weight excluding hydrogens is 875 g/mol. The summed E-state index contributed by atoms with van der Waals surface area (Å²) in [6.07, 6.45) is 5.26. The van der Waals surface area contributed by atoms with Crippen molar-refractivity contribution in [3.05, 3.63) is 74.4 Å². The van der Waals surface area contributed by atoms with E-state index in [-0.39, 0.29) is 71.7 Å². The van der Waals surface area contributed by atoms with Crippen molar-refractivity contribution in [3.63, 3.8) is 0 Å². The average molecular weight is 927 g/mol. The second kappa shape index (κ2) is 18.2. The topological polar surface area (TPSA) is 201 Å². The molecule has 2 aromatic heterocycles. The van der Waals surface area contributed by atoms with Crippen molar-refractivity contribution < 1.29 is 37.8 Å². The summed E-state index contributed by atoms with van der Waals surface area (Å²) in [7, 11) is 1.50. The summed E-state index contributed by atoms with van der Waals surface area (Å²) in [6, 6.07) is 7.86. The lowest BCUT2D eigenvalue weighted by atomic mass is 9.87. The first-order chi connectivity index (χ1) is 31.7. The molecule has 2 aromatic carbocycles. The number of piperazine rings is 1. The summed E-state index contributed by atoms with van der Waals surface area (Å²) < 4.78 is 30.0. The SMILES string of the molecule is CNC(=O)COc1cc2cc(Nc3nc(N4CCC(OC5CC(N6CCN(c7cc(C)c8c(c7F)C(=O)N(C7CCC(=O)NC7=O)C8=O)CC6)C5)CC4)ncc3Cl)ccc2n(C(C)C)c1=O. The number of rotatable bonds is 12. The van der Waals surface area contributed by atoms with E-state index in [9.17, 15) is 28.8 Å². The van der Waals surface area contributed by atoms with Gasteiger partial charge in [0, 0.05) is 75.9 Å². The van der Waals surface area contributed by atoms with Gasteiger partial charge in [0.15, 0.2) is 24.0 Å². The Morgan fingerprint density at radius 1 is 0.939 bits per heavy atom. The maximum absolute atomic E-state index is 16.2. The zero-order valence-corrected chi connectivity index (χ0v) is 38.0. The molecule has 5 aliphatic rings. The second-order valence-electron chi connectivity index (χ2n) is 17.8. The molecule has 6 heterocycles. The molecule has 1 aliphatic carbocycles. The monoisotopic (exact) mass is 926 g/mol. The third kappa shape index (κ3) is 8.54. The number of anilines is 4. The summed E-state index contributed by atoms with van der Waals surface area (Å²) in [6.45, 7) is 9.12. The molecule has 4 aromatic rings. The van der Waals surface area contributed by atoms with Gasteiger partial charge in [-0.15, -0.1) is 0 Å². The molecule has 0 spiro atoms. The molecule has 0 bridgehead atoms. The number of hydrogen-bond acceptors (Lipinski definition) is 14. The van der Waals surface area contributed by atoms with E-state index in [1.807, 2.05) is 36.9 Å². The first-order valence-corrected chi connectivity index (χ1v) is 22.8. The van der Waals surface area contributed by atoms with Crippen LogP contribution >= 0.6 is 11.6 Å². The zero-order valence-electron chi connectivity index (χ0n) is 37.2. The third-order valence-corrected chi connectivity index (χ3v) is 13.6. The highest BCUT2D eigenvalue weighted by atomic mass is 35.5. The van der Waals surface area contributed by atoms with E-state index in [4.69, 9.17) is 26.1 Å². The highest BCUT2D eigenvalue weighted by Gasteiger charge is 2.48. The molecule has 1 saturated carbocycles. The normalized spacial score (nSPS) is 21.6. The van der Waals surface area contributed by atoms with Gasteiger partial charge in [-0.1, -0.05) is 11.6 Å². The Hall–Kier alpha value is -6.18. The molecule has 3 N–H and O–H groups in total. The van der Waals surface area contributed by atoms with Crippen molar-refractivity contribution >= 4 is 75.2 Å². The fourth-order valence-electron chi connectivity index (χ4n) is 9.73. The van der Waals surface area contributed by atoms with Crippen LogP contribution in [0.2, 0.25) is 5.02 Å². The van der Waals surface area contributed by atoms with E-state index < -0.39 is 35.5 Å². The van der Waals surface area contributed by atoms with Crippen LogP contribution in [0.1, 0.15) is 84.7 Å². The smallest absolute Gasteiger partial charge is 0.293 e. The Morgan fingerprint density at radius 2 is 1.67 bits per heavy atom. The fourth-order valence-corrected chi connectivity index (χ4v) is 9.87. The Labute approximate surface area is 384 Å². The largest absolute Gasteiger partial charge is 0.478 e. The lowest BCUT2D eigenvalue weighted by Gasteiger charge is -2.47. The number of nitrogens with one attached hydrogen (secondary N) is 3. The standard InChI is InChI=1S/C46H52ClFN10O8/c1-24(2)57-32-6-5-27(18-26(32)19-35(43(57)62)65-23-37(60)49-4)51-41-31(47)22-50-46(53-41)56-11-9-29(10-12-56)66-30-20-28(21-30)54-13-15-55(16-14-54)34-17-25(3)38-39(40(34)48)45(64)58(44(38)63)33-7-8-36(59)52-42(33)61/h5-6,17-19,22,24,28-30,33H,7-16,20-21,23H2,1-4H3,(H,49,60)(H,50,51,53)(H,52,59,61). The number of pyridine rings is 1. The third-order valence-electron chi connectivity index (χ3n) is 13.3. The Bertz CT molecular complexity index is 2690. The van der Waals surface area contributed by atoms with Gasteiger partial charge in [-0.3, -0.25) is 43.9 Å². The maximum atomic E-state index is 16.2. The minimum atomic E-state index is -1.16. The number of aromatic nitrogens is 3. The van der Waals surface area contributed by atoms with E-state index in [1.54, 1.807) is 29.8 Å². The van der Waals surface area contributed by atoms with E-state index in [0.29, 0.717) is 78.9 Å². The number of imide groups is 2. The summed E-state index contributed by atoms with van der Waals surface area (Å²) >= 11 is 6.59. The minimum Gasteiger partial charge on any atom is -0.478 e. The molecule has 348 valence electrons. The fraction of sp³-hybridized carbons (Fsp3) is 0.478. The van der Waals surface area contributed by atoms with Crippen molar-refractivity contribution in [2.24, 2.45) is 0 Å². The predicted octanol–water partition coefficient (Wildman–Crippen LogP) is 4.08. The first-order valence-electron chi connectivity index (χ1n) is 22.4. The Morgan fingerprint density at radius 3 is 2.36 bits per heavy atom. The molecule has 66 heavy (non-hydrogen) atoms. The van der Waals surface area contributed by atoms with Gasteiger partial charge in [0.2, 0.25) is 17.8 Å². The van der Waals surface area contributed by atoms with Crippen LogP contribution in [0.15, 0.2) is 41.3 Å². The van der Waals surface area contributed by atoms with Crippen molar-refractivity contribution in [1.29, 1.82) is 0 Å². The molecule has 4 fully saturated rings. The van der Waals surface area contributed by atoms with E-state index in [0.717, 1.165) is 36.0 Å². The number of halogens is 2. The van der Waals surface area contributed by atoms with Crippen LogP contribution in [0, 0.1) is 12.7 Å². The van der Waals surface area contributed by atoms with Crippen molar-refractivity contribution in [2.45, 2.75) is 89.6 Å². The van der Waals surface area contributed by atoms with Gasteiger partial charge in [-0.25, -0.2) is 9.37 Å². The zero-order chi connectivity index (χ0) is 46.6. The molecule has 5 amide bonds. The molecular formula is C46H52ClFN10O8. The van der Waals surface area contributed by atoms with Crippen LogP contribution in [-0.4, -0.2) is 131 Å². The second-order valence-corrected chi connectivity index (χ2v) is 18.2. The molecule has 9 rings (SSSR count). The van der Waals surface area contributed by atoms with E-state index in [2.05, 4.69) is 30.7 Å². The van der Waals surface area contributed by atoms with Gasteiger partial charge >= 0.3 is 0 Å². The number of piperidine rings is 2. The molecule has 3 saturated heterocycles. The number of fused-ring (bicyclic) bond motifs is 2. The maximum Gasteiger partial charge on any atom is 0.293 e. The van der Waals surface area contributed by atoms with Crippen molar-refractivity contribution in [1.82, 2.24) is 35.0 Å². The first kappa shape index (κ1) is 45.0. The molecule has 18 nitrogen and oxygen atoms in total. The molecule has 1 atom stereocenters. The lowest BCUT2D eigenvalue weighted by molar-refractivity contribution is -0.136. The quantitative estimate of drug-likeness (QED) is 0.172. The van der Waals surface area contributed by atoms with Crippen LogP contribution in [-0.2, 0) is 19.1 Å².